The summed E-state index contributed by atoms with van der Waals surface area (Å²) in [6.45, 7) is 5.43. The van der Waals surface area contributed by atoms with E-state index in [1.807, 2.05) is 24.7 Å². The zero-order valence-corrected chi connectivity index (χ0v) is 12.8. The topological polar surface area (TPSA) is 63.8 Å². The quantitative estimate of drug-likeness (QED) is 0.908. The minimum absolute atomic E-state index is 0.409. The van der Waals surface area contributed by atoms with Crippen LogP contribution in [-0.4, -0.2) is 22.6 Å². The number of hydrogen-bond acceptors (Lipinski definition) is 4. The molecule has 2 aromatic heterocycles. The first-order valence-corrected chi connectivity index (χ1v) is 7.74. The van der Waals surface area contributed by atoms with Crippen LogP contribution in [0.4, 0.5) is 5.69 Å². The average Bonchev–Trinajstić information content (AvgIpc) is 2.49. The summed E-state index contributed by atoms with van der Waals surface area (Å²) in [7, 11) is 0. The molecule has 0 radical (unpaired) electrons. The molecule has 0 spiro atoms. The van der Waals surface area contributed by atoms with Crippen LogP contribution in [0.5, 0.6) is 0 Å². The van der Waals surface area contributed by atoms with Crippen molar-refractivity contribution in [2.45, 2.75) is 39.2 Å². The van der Waals surface area contributed by atoms with Crippen LogP contribution in [0.3, 0.4) is 0 Å². The van der Waals surface area contributed by atoms with Crippen LogP contribution in [0.2, 0.25) is 0 Å². The molecule has 0 amide bonds. The zero-order chi connectivity index (χ0) is 14.9. The van der Waals surface area contributed by atoms with Crippen molar-refractivity contribution in [2.24, 2.45) is 17.1 Å². The molecule has 2 unspecified atom stereocenters. The van der Waals surface area contributed by atoms with Crippen LogP contribution < -0.4 is 11.1 Å². The lowest BCUT2D eigenvalue weighted by atomic mass is 9.70. The van der Waals surface area contributed by atoms with Gasteiger partial charge in [-0.15, -0.1) is 0 Å². The number of rotatable bonds is 3. The normalized spacial score (nSPS) is 24.9. The summed E-state index contributed by atoms with van der Waals surface area (Å²) in [4.78, 5) is 8.51. The highest BCUT2D eigenvalue weighted by atomic mass is 14.9. The number of nitrogens with two attached hydrogens (primary N) is 1. The lowest BCUT2D eigenvalue weighted by Gasteiger charge is -2.41. The van der Waals surface area contributed by atoms with Gasteiger partial charge in [0.1, 0.15) is 0 Å². The van der Waals surface area contributed by atoms with Crippen LogP contribution in [0, 0.1) is 11.3 Å². The summed E-state index contributed by atoms with van der Waals surface area (Å²) in [6.07, 6.45) is 9.07. The summed E-state index contributed by atoms with van der Waals surface area (Å²) in [5, 5.41) is 4.85. The summed E-state index contributed by atoms with van der Waals surface area (Å²) in [5.41, 5.74) is 8.51. The molecule has 1 saturated carbocycles. The molecule has 1 aliphatic rings. The van der Waals surface area contributed by atoms with E-state index in [2.05, 4.69) is 35.2 Å². The second-order valence-electron chi connectivity index (χ2n) is 6.90. The molecule has 0 aromatic carbocycles. The first-order valence-electron chi connectivity index (χ1n) is 7.74. The zero-order valence-electron chi connectivity index (χ0n) is 12.8. The van der Waals surface area contributed by atoms with Crippen LogP contribution >= 0.6 is 0 Å². The standard InChI is InChI=1S/C17H24N4/c1-17(2)6-3-14(12(9-17)10-18)21-15-5-8-20-16-11-19-7-4-13(15)16/h4-5,7-8,11-12,14H,3,6,9-10,18H2,1-2H3,(H,20,21). The van der Waals surface area contributed by atoms with Crippen molar-refractivity contribution in [3.63, 3.8) is 0 Å². The second kappa shape index (κ2) is 5.60. The monoisotopic (exact) mass is 284 g/mol. The predicted molar refractivity (Wildman–Crippen MR) is 87.1 cm³/mol. The molecule has 4 nitrogen and oxygen atoms in total. The highest BCUT2D eigenvalue weighted by molar-refractivity contribution is 5.90. The maximum absolute atomic E-state index is 6.02. The van der Waals surface area contributed by atoms with E-state index < -0.39 is 0 Å². The summed E-state index contributed by atoms with van der Waals surface area (Å²) in [5.74, 6) is 0.527. The van der Waals surface area contributed by atoms with Crippen molar-refractivity contribution in [2.75, 3.05) is 11.9 Å². The molecule has 0 aliphatic heterocycles. The lowest BCUT2D eigenvalue weighted by molar-refractivity contribution is 0.170. The van der Waals surface area contributed by atoms with E-state index in [-0.39, 0.29) is 0 Å². The fraction of sp³-hybridized carbons (Fsp3) is 0.529. The van der Waals surface area contributed by atoms with Crippen LogP contribution in [0.1, 0.15) is 33.1 Å². The Bertz CT molecular complexity index is 618. The van der Waals surface area contributed by atoms with Gasteiger partial charge in [-0.1, -0.05) is 13.8 Å². The van der Waals surface area contributed by atoms with Gasteiger partial charge in [0.15, 0.2) is 0 Å². The Morgan fingerprint density at radius 1 is 1.33 bits per heavy atom. The van der Waals surface area contributed by atoms with Crippen molar-refractivity contribution in [3.05, 3.63) is 30.7 Å². The molecule has 2 aromatic rings. The SMILES string of the molecule is CC1(C)CCC(Nc2ccnc3cnccc23)C(CN)C1. The number of nitrogens with one attached hydrogen (secondary N) is 1. The maximum atomic E-state index is 6.02. The van der Waals surface area contributed by atoms with E-state index in [1.54, 1.807) is 0 Å². The third-order valence-electron chi connectivity index (χ3n) is 4.70. The molecular weight excluding hydrogens is 260 g/mol. The molecule has 4 heteroatoms. The number of pyridine rings is 2. The van der Waals surface area contributed by atoms with Crippen molar-refractivity contribution < 1.29 is 0 Å². The highest BCUT2D eigenvalue weighted by Crippen LogP contribution is 2.39. The molecule has 3 N–H and O–H groups in total. The minimum Gasteiger partial charge on any atom is -0.381 e. The maximum Gasteiger partial charge on any atom is 0.0905 e. The van der Waals surface area contributed by atoms with E-state index >= 15 is 0 Å². The Labute approximate surface area is 126 Å². The largest absolute Gasteiger partial charge is 0.381 e. The highest BCUT2D eigenvalue weighted by Gasteiger charge is 2.34. The van der Waals surface area contributed by atoms with Gasteiger partial charge in [-0.2, -0.15) is 0 Å². The van der Waals surface area contributed by atoms with Gasteiger partial charge in [0.05, 0.1) is 11.7 Å². The summed E-state index contributed by atoms with van der Waals surface area (Å²) in [6, 6.07) is 4.52. The minimum atomic E-state index is 0.409. The van der Waals surface area contributed by atoms with Crippen LogP contribution in [0.15, 0.2) is 30.7 Å². The fourth-order valence-corrected chi connectivity index (χ4v) is 3.50. The number of aromatic nitrogens is 2. The van der Waals surface area contributed by atoms with Gasteiger partial charge in [-0.05, 0) is 49.3 Å². The third-order valence-corrected chi connectivity index (χ3v) is 4.70. The smallest absolute Gasteiger partial charge is 0.0905 e. The van der Waals surface area contributed by atoms with Gasteiger partial charge < -0.3 is 11.1 Å². The van der Waals surface area contributed by atoms with Gasteiger partial charge in [-0.3, -0.25) is 9.97 Å². The first kappa shape index (κ1) is 14.3. The summed E-state index contributed by atoms with van der Waals surface area (Å²) >= 11 is 0. The van der Waals surface area contributed by atoms with Gasteiger partial charge in [-0.25, -0.2) is 0 Å². The third kappa shape index (κ3) is 3.00. The summed E-state index contributed by atoms with van der Waals surface area (Å²) < 4.78 is 0. The number of fused-ring (bicyclic) bond motifs is 1. The molecule has 0 saturated heterocycles. The van der Waals surface area contributed by atoms with E-state index in [9.17, 15) is 0 Å². The van der Waals surface area contributed by atoms with Gasteiger partial charge in [0.2, 0.25) is 0 Å². The molecule has 21 heavy (non-hydrogen) atoms. The molecule has 112 valence electrons. The van der Waals surface area contributed by atoms with Crippen LogP contribution in [0.25, 0.3) is 10.9 Å². The van der Waals surface area contributed by atoms with E-state index in [4.69, 9.17) is 5.73 Å². The van der Waals surface area contributed by atoms with E-state index in [0.29, 0.717) is 17.4 Å². The molecule has 1 fully saturated rings. The van der Waals surface area contributed by atoms with E-state index in [1.165, 1.54) is 19.3 Å². The molecule has 2 heterocycles. The Kier molecular flexibility index (Phi) is 3.81. The van der Waals surface area contributed by atoms with Gasteiger partial charge >= 0.3 is 0 Å². The molecule has 0 bridgehead atoms. The van der Waals surface area contributed by atoms with Gasteiger partial charge in [0, 0.05) is 29.5 Å². The second-order valence-corrected chi connectivity index (χ2v) is 6.90. The Balaban J connectivity index is 1.85. The number of hydrogen-bond donors (Lipinski definition) is 2. The first-order chi connectivity index (χ1) is 10.1. The molecular formula is C17H24N4. The van der Waals surface area contributed by atoms with Crippen LogP contribution in [-0.2, 0) is 0 Å². The predicted octanol–water partition coefficient (Wildman–Crippen LogP) is 3.20. The van der Waals surface area contributed by atoms with Crippen molar-refractivity contribution in [3.8, 4) is 0 Å². The number of nitrogens with zero attached hydrogens (tertiary/aromatic N) is 2. The molecule has 3 rings (SSSR count). The molecule has 1 aliphatic carbocycles. The van der Waals surface area contributed by atoms with Crippen molar-refractivity contribution in [1.29, 1.82) is 0 Å². The van der Waals surface area contributed by atoms with Crippen molar-refractivity contribution in [1.82, 2.24) is 9.97 Å². The Hall–Kier alpha value is -1.68. The number of anilines is 1. The van der Waals surface area contributed by atoms with Gasteiger partial charge in [0.25, 0.3) is 0 Å². The average molecular weight is 284 g/mol. The lowest BCUT2D eigenvalue weighted by Crippen LogP contribution is -2.41. The van der Waals surface area contributed by atoms with Crippen molar-refractivity contribution >= 4 is 16.6 Å². The Morgan fingerprint density at radius 2 is 2.19 bits per heavy atom. The Morgan fingerprint density at radius 3 is 3.00 bits per heavy atom. The van der Waals surface area contributed by atoms with E-state index in [0.717, 1.165) is 23.1 Å². The fourth-order valence-electron chi connectivity index (χ4n) is 3.50. The molecule has 2 atom stereocenters.